The van der Waals surface area contributed by atoms with E-state index in [4.69, 9.17) is 0 Å². The second-order valence-electron chi connectivity index (χ2n) is 5.27. The van der Waals surface area contributed by atoms with Gasteiger partial charge in [0, 0.05) is 32.0 Å². The lowest BCUT2D eigenvalue weighted by Crippen LogP contribution is -2.34. The SMILES string of the molecule is CN(Cc1cccnc1)CC1(C)CCNC1. The quantitative estimate of drug-likeness (QED) is 0.832. The van der Waals surface area contributed by atoms with E-state index in [1.54, 1.807) is 0 Å². The Morgan fingerprint density at radius 2 is 2.44 bits per heavy atom. The van der Waals surface area contributed by atoms with Crippen molar-refractivity contribution in [3.63, 3.8) is 0 Å². The standard InChI is InChI=1S/C13H21N3/c1-13(5-7-15-10-13)11-16(2)9-12-4-3-6-14-8-12/h3-4,6,8,15H,5,7,9-11H2,1-2H3. The van der Waals surface area contributed by atoms with E-state index in [9.17, 15) is 0 Å². The summed E-state index contributed by atoms with van der Waals surface area (Å²) in [5.41, 5.74) is 1.73. The molecule has 0 saturated carbocycles. The summed E-state index contributed by atoms with van der Waals surface area (Å²) in [6, 6.07) is 4.14. The zero-order valence-electron chi connectivity index (χ0n) is 10.2. The number of hydrogen-bond donors (Lipinski definition) is 1. The predicted octanol–water partition coefficient (Wildman–Crippen LogP) is 1.51. The van der Waals surface area contributed by atoms with Gasteiger partial charge in [-0.05, 0) is 37.1 Å². The molecular formula is C13H21N3. The van der Waals surface area contributed by atoms with Gasteiger partial charge in [0.2, 0.25) is 0 Å². The molecule has 1 unspecified atom stereocenters. The molecule has 2 heterocycles. The first-order valence-corrected chi connectivity index (χ1v) is 5.96. The average molecular weight is 219 g/mol. The Hall–Kier alpha value is -0.930. The maximum absolute atomic E-state index is 4.15. The Labute approximate surface area is 97.9 Å². The molecule has 0 aliphatic carbocycles. The minimum atomic E-state index is 0.441. The van der Waals surface area contributed by atoms with Gasteiger partial charge in [0.05, 0.1) is 0 Å². The molecule has 1 fully saturated rings. The second-order valence-corrected chi connectivity index (χ2v) is 5.27. The third-order valence-corrected chi connectivity index (χ3v) is 3.28. The number of nitrogens with zero attached hydrogens (tertiary/aromatic N) is 2. The molecule has 3 heteroatoms. The molecule has 0 amide bonds. The lowest BCUT2D eigenvalue weighted by atomic mass is 9.89. The molecule has 1 saturated heterocycles. The van der Waals surface area contributed by atoms with Crippen LogP contribution in [0, 0.1) is 5.41 Å². The van der Waals surface area contributed by atoms with Crippen LogP contribution < -0.4 is 5.32 Å². The summed E-state index contributed by atoms with van der Waals surface area (Å²) < 4.78 is 0. The van der Waals surface area contributed by atoms with Gasteiger partial charge in [-0.15, -0.1) is 0 Å². The van der Waals surface area contributed by atoms with E-state index < -0.39 is 0 Å². The fourth-order valence-electron chi connectivity index (χ4n) is 2.51. The van der Waals surface area contributed by atoms with Crippen LogP contribution in [0.4, 0.5) is 0 Å². The van der Waals surface area contributed by atoms with Crippen molar-refractivity contribution >= 4 is 0 Å². The van der Waals surface area contributed by atoms with E-state index in [1.165, 1.54) is 12.0 Å². The second kappa shape index (κ2) is 4.93. The molecule has 2 rings (SSSR count). The van der Waals surface area contributed by atoms with Crippen molar-refractivity contribution < 1.29 is 0 Å². The van der Waals surface area contributed by atoms with Crippen LogP contribution >= 0.6 is 0 Å². The van der Waals surface area contributed by atoms with Crippen molar-refractivity contribution in [3.05, 3.63) is 30.1 Å². The van der Waals surface area contributed by atoms with Crippen molar-refractivity contribution in [2.75, 3.05) is 26.7 Å². The molecule has 1 N–H and O–H groups in total. The fourth-order valence-corrected chi connectivity index (χ4v) is 2.51. The van der Waals surface area contributed by atoms with Gasteiger partial charge in [-0.3, -0.25) is 4.98 Å². The molecule has 0 bridgehead atoms. The zero-order chi connectivity index (χ0) is 11.4. The number of aromatic nitrogens is 1. The van der Waals surface area contributed by atoms with Crippen LogP contribution in [0.15, 0.2) is 24.5 Å². The van der Waals surface area contributed by atoms with Crippen LogP contribution in [0.2, 0.25) is 0 Å². The normalized spacial score (nSPS) is 25.2. The summed E-state index contributed by atoms with van der Waals surface area (Å²) in [5, 5.41) is 3.44. The van der Waals surface area contributed by atoms with Crippen LogP contribution in [0.3, 0.4) is 0 Å². The highest BCUT2D eigenvalue weighted by Gasteiger charge is 2.29. The van der Waals surface area contributed by atoms with E-state index in [-0.39, 0.29) is 0 Å². The monoisotopic (exact) mass is 219 g/mol. The first kappa shape index (κ1) is 11.6. The highest BCUT2D eigenvalue weighted by atomic mass is 15.1. The highest BCUT2D eigenvalue weighted by Crippen LogP contribution is 2.25. The molecule has 1 aromatic rings. The van der Waals surface area contributed by atoms with E-state index >= 15 is 0 Å². The van der Waals surface area contributed by atoms with E-state index in [1.807, 2.05) is 18.5 Å². The summed E-state index contributed by atoms with van der Waals surface area (Å²) in [4.78, 5) is 6.54. The number of hydrogen-bond acceptors (Lipinski definition) is 3. The zero-order valence-corrected chi connectivity index (χ0v) is 10.2. The lowest BCUT2D eigenvalue weighted by Gasteiger charge is -2.29. The maximum atomic E-state index is 4.15. The van der Waals surface area contributed by atoms with E-state index in [0.717, 1.165) is 26.2 Å². The molecule has 3 nitrogen and oxygen atoms in total. The summed E-state index contributed by atoms with van der Waals surface area (Å²) >= 11 is 0. The Bertz CT molecular complexity index is 317. The number of nitrogens with one attached hydrogen (secondary N) is 1. The van der Waals surface area contributed by atoms with Crippen molar-refractivity contribution in [1.82, 2.24) is 15.2 Å². The molecule has 88 valence electrons. The molecule has 16 heavy (non-hydrogen) atoms. The molecule has 1 aromatic heterocycles. The Morgan fingerprint density at radius 1 is 1.56 bits per heavy atom. The summed E-state index contributed by atoms with van der Waals surface area (Å²) in [7, 11) is 2.19. The van der Waals surface area contributed by atoms with Gasteiger partial charge >= 0.3 is 0 Å². The van der Waals surface area contributed by atoms with Gasteiger partial charge in [0.25, 0.3) is 0 Å². The molecule has 1 atom stereocenters. The first-order chi connectivity index (χ1) is 7.68. The predicted molar refractivity (Wildman–Crippen MR) is 66.2 cm³/mol. The summed E-state index contributed by atoms with van der Waals surface area (Å²) in [6.45, 7) is 6.81. The molecule has 1 aliphatic rings. The van der Waals surface area contributed by atoms with Crippen molar-refractivity contribution in [2.45, 2.75) is 19.9 Å². The molecule has 1 aliphatic heterocycles. The van der Waals surface area contributed by atoms with Crippen LogP contribution in [0.5, 0.6) is 0 Å². The van der Waals surface area contributed by atoms with Gasteiger partial charge in [0.1, 0.15) is 0 Å². The van der Waals surface area contributed by atoms with Crippen molar-refractivity contribution in [2.24, 2.45) is 5.41 Å². The first-order valence-electron chi connectivity index (χ1n) is 5.96. The smallest absolute Gasteiger partial charge is 0.0312 e. The summed E-state index contributed by atoms with van der Waals surface area (Å²) in [6.07, 6.45) is 5.06. The number of rotatable bonds is 4. The van der Waals surface area contributed by atoms with Gasteiger partial charge < -0.3 is 10.2 Å². The molecule has 0 spiro atoms. The average Bonchev–Trinajstić information content (AvgIpc) is 2.66. The van der Waals surface area contributed by atoms with E-state index in [0.29, 0.717) is 5.41 Å². The third kappa shape index (κ3) is 3.03. The number of pyridine rings is 1. The van der Waals surface area contributed by atoms with Crippen LogP contribution in [-0.2, 0) is 6.54 Å². The van der Waals surface area contributed by atoms with Gasteiger partial charge in [0.15, 0.2) is 0 Å². The minimum absolute atomic E-state index is 0.441. The Balaban J connectivity index is 1.86. The van der Waals surface area contributed by atoms with Crippen LogP contribution in [0.1, 0.15) is 18.9 Å². The van der Waals surface area contributed by atoms with Gasteiger partial charge in [-0.25, -0.2) is 0 Å². The van der Waals surface area contributed by atoms with Crippen molar-refractivity contribution in [1.29, 1.82) is 0 Å². The Kier molecular flexibility index (Phi) is 3.56. The van der Waals surface area contributed by atoms with Crippen molar-refractivity contribution in [3.8, 4) is 0 Å². The van der Waals surface area contributed by atoms with Gasteiger partial charge in [-0.2, -0.15) is 0 Å². The maximum Gasteiger partial charge on any atom is 0.0312 e. The summed E-state index contributed by atoms with van der Waals surface area (Å²) in [5.74, 6) is 0. The largest absolute Gasteiger partial charge is 0.316 e. The van der Waals surface area contributed by atoms with Gasteiger partial charge in [-0.1, -0.05) is 13.0 Å². The third-order valence-electron chi connectivity index (χ3n) is 3.28. The molecule has 0 radical (unpaired) electrons. The topological polar surface area (TPSA) is 28.2 Å². The Morgan fingerprint density at radius 3 is 3.06 bits per heavy atom. The molecule has 0 aromatic carbocycles. The van der Waals surface area contributed by atoms with Crippen LogP contribution in [0.25, 0.3) is 0 Å². The van der Waals surface area contributed by atoms with E-state index in [2.05, 4.69) is 35.2 Å². The lowest BCUT2D eigenvalue weighted by molar-refractivity contribution is 0.203. The highest BCUT2D eigenvalue weighted by molar-refractivity contribution is 5.08. The fraction of sp³-hybridized carbons (Fsp3) is 0.615. The molecular weight excluding hydrogens is 198 g/mol. The van der Waals surface area contributed by atoms with Crippen LogP contribution in [-0.4, -0.2) is 36.6 Å². The minimum Gasteiger partial charge on any atom is -0.316 e.